The molecule has 16 heteroatoms. The minimum atomic E-state index is -5.26. The largest absolute Gasteiger partial charge is 1.00 e. The molecule has 3 aromatic carbocycles. The van der Waals surface area contributed by atoms with Crippen LogP contribution in [0.3, 0.4) is 0 Å². The van der Waals surface area contributed by atoms with E-state index in [-0.39, 0.29) is 87.0 Å². The third kappa shape index (κ3) is 7.22. The first-order valence-corrected chi connectivity index (χ1v) is 11.7. The van der Waals surface area contributed by atoms with Crippen LogP contribution >= 0.6 is 0 Å². The Morgan fingerprint density at radius 3 is 2.17 bits per heavy atom. The maximum absolute atomic E-state index is 11.9. The monoisotopic (exact) mass is 539 g/mol. The summed E-state index contributed by atoms with van der Waals surface area (Å²) in [5, 5.41) is 20.0. The van der Waals surface area contributed by atoms with Crippen molar-refractivity contribution in [2.24, 2.45) is 10.2 Å². The van der Waals surface area contributed by atoms with Crippen LogP contribution in [0.4, 0.5) is 17.1 Å². The fourth-order valence-corrected chi connectivity index (χ4v) is 4.17. The molecule has 1 amide bonds. The number of rotatable bonds is 6. The van der Waals surface area contributed by atoms with Crippen molar-refractivity contribution >= 4 is 54.0 Å². The third-order valence-electron chi connectivity index (χ3n) is 4.34. The van der Waals surface area contributed by atoms with Crippen LogP contribution in [0.1, 0.15) is 6.92 Å². The van der Waals surface area contributed by atoms with E-state index < -0.39 is 47.4 Å². The first-order chi connectivity index (χ1) is 15.3. The Bertz CT molecular complexity index is 1530. The van der Waals surface area contributed by atoms with Crippen LogP contribution in [0, 0.1) is 0 Å². The second kappa shape index (κ2) is 12.1. The molecule has 0 spiro atoms. The first kappa shape index (κ1) is 31.4. The van der Waals surface area contributed by atoms with Gasteiger partial charge in [0.15, 0.2) is 5.75 Å². The molecule has 0 saturated heterocycles. The average molecular weight is 539 g/mol. The van der Waals surface area contributed by atoms with Crippen LogP contribution in [0.5, 0.6) is 11.5 Å². The van der Waals surface area contributed by atoms with Gasteiger partial charge in [0.2, 0.25) is 5.91 Å². The van der Waals surface area contributed by atoms with Crippen molar-refractivity contribution in [3.8, 4) is 11.5 Å². The van der Waals surface area contributed by atoms with Crippen molar-refractivity contribution in [3.05, 3.63) is 42.5 Å². The SMILES string of the molecule is COc1ccccc1N=Nc1c(S(=O)(=O)[O-])cc2cc(S(=O)(=O)[O-])cc(NC(C)=O)c2c1O.[Na+].[Na+]. The van der Waals surface area contributed by atoms with Crippen molar-refractivity contribution in [2.45, 2.75) is 16.7 Å². The predicted molar refractivity (Wildman–Crippen MR) is 113 cm³/mol. The number of amides is 1. The van der Waals surface area contributed by atoms with Gasteiger partial charge in [0.05, 0.1) is 22.6 Å². The van der Waals surface area contributed by atoms with Gasteiger partial charge in [-0.2, -0.15) is 0 Å². The zero-order chi connectivity index (χ0) is 24.6. The molecule has 0 saturated carbocycles. The van der Waals surface area contributed by atoms with Crippen LogP contribution < -0.4 is 69.2 Å². The molecular formula is C19H15N3Na2O9S2. The molecule has 0 heterocycles. The van der Waals surface area contributed by atoms with Gasteiger partial charge in [-0.25, -0.2) is 16.8 Å². The maximum Gasteiger partial charge on any atom is 1.00 e. The summed E-state index contributed by atoms with van der Waals surface area (Å²) in [5.74, 6) is -1.31. The number of hydrogen-bond donors (Lipinski definition) is 2. The van der Waals surface area contributed by atoms with Crippen molar-refractivity contribution in [3.63, 3.8) is 0 Å². The number of benzene rings is 3. The number of hydrogen-bond acceptors (Lipinski definition) is 11. The summed E-state index contributed by atoms with van der Waals surface area (Å²) in [7, 11) is -8.95. The van der Waals surface area contributed by atoms with Crippen LogP contribution in [-0.2, 0) is 25.0 Å². The van der Waals surface area contributed by atoms with Gasteiger partial charge < -0.3 is 24.3 Å². The van der Waals surface area contributed by atoms with Gasteiger partial charge in [-0.1, -0.05) is 12.1 Å². The maximum atomic E-state index is 11.9. The summed E-state index contributed by atoms with van der Waals surface area (Å²) in [4.78, 5) is 9.75. The Balaban J connectivity index is 0.00000306. The zero-order valence-electron chi connectivity index (χ0n) is 19.0. The van der Waals surface area contributed by atoms with E-state index in [9.17, 15) is 35.8 Å². The molecule has 12 nitrogen and oxygen atoms in total. The number of methoxy groups -OCH3 is 1. The third-order valence-corrected chi connectivity index (χ3v) is 6.00. The summed E-state index contributed by atoms with van der Waals surface area (Å²) in [5.41, 5.74) is -0.938. The fourth-order valence-electron chi connectivity index (χ4n) is 3.00. The number of fused-ring (bicyclic) bond motifs is 1. The summed E-state index contributed by atoms with van der Waals surface area (Å²) >= 11 is 0. The summed E-state index contributed by atoms with van der Waals surface area (Å²) in [6.07, 6.45) is 0. The van der Waals surface area contributed by atoms with Gasteiger partial charge in [-0.05, 0) is 35.7 Å². The van der Waals surface area contributed by atoms with Gasteiger partial charge in [0.1, 0.15) is 37.4 Å². The number of ether oxygens (including phenoxy) is 1. The molecule has 0 aromatic heterocycles. The first-order valence-electron chi connectivity index (χ1n) is 8.90. The van der Waals surface area contributed by atoms with Gasteiger partial charge in [0, 0.05) is 12.3 Å². The number of aromatic hydroxyl groups is 1. The van der Waals surface area contributed by atoms with E-state index in [0.29, 0.717) is 0 Å². The Morgan fingerprint density at radius 1 is 1.00 bits per heavy atom. The molecular weight excluding hydrogens is 524 g/mol. The Hall–Kier alpha value is -1.59. The van der Waals surface area contributed by atoms with E-state index in [1.165, 1.54) is 13.2 Å². The van der Waals surface area contributed by atoms with E-state index in [1.54, 1.807) is 18.2 Å². The number of anilines is 1. The van der Waals surface area contributed by atoms with Gasteiger partial charge >= 0.3 is 59.1 Å². The van der Waals surface area contributed by atoms with E-state index in [1.807, 2.05) is 0 Å². The van der Waals surface area contributed by atoms with Crippen LogP contribution in [-0.4, -0.2) is 44.1 Å². The number of para-hydroxylation sites is 1. The topological polar surface area (TPSA) is 198 Å². The minimum absolute atomic E-state index is 0. The number of nitrogens with one attached hydrogen (secondary N) is 1. The Kier molecular flexibility index (Phi) is 10.9. The molecule has 35 heavy (non-hydrogen) atoms. The summed E-state index contributed by atoms with van der Waals surface area (Å²) in [6, 6.07) is 8.52. The fraction of sp³-hybridized carbons (Fsp3) is 0.105. The number of carbonyl (C=O) groups is 1. The van der Waals surface area contributed by atoms with Gasteiger partial charge in [-0.15, -0.1) is 10.2 Å². The number of carbonyl (C=O) groups excluding carboxylic acids is 1. The van der Waals surface area contributed by atoms with E-state index in [2.05, 4.69) is 15.5 Å². The number of phenols is 1. The summed E-state index contributed by atoms with van der Waals surface area (Å²) < 4.78 is 75.3. The van der Waals surface area contributed by atoms with Crippen molar-refractivity contribution in [1.82, 2.24) is 0 Å². The van der Waals surface area contributed by atoms with E-state index in [0.717, 1.165) is 25.1 Å². The van der Waals surface area contributed by atoms with Gasteiger partial charge in [-0.3, -0.25) is 4.79 Å². The molecule has 0 aliphatic carbocycles. The number of phenolic OH excluding ortho intramolecular Hbond substituents is 1. The van der Waals surface area contributed by atoms with Crippen molar-refractivity contribution < 1.29 is 99.7 Å². The van der Waals surface area contributed by atoms with Gasteiger partial charge in [0.25, 0.3) is 0 Å². The normalized spacial score (nSPS) is 11.5. The smallest absolute Gasteiger partial charge is 0.744 e. The molecule has 174 valence electrons. The molecule has 0 aliphatic rings. The quantitative estimate of drug-likeness (QED) is 0.183. The van der Waals surface area contributed by atoms with E-state index >= 15 is 0 Å². The van der Waals surface area contributed by atoms with Crippen LogP contribution in [0.15, 0.2) is 62.5 Å². The Morgan fingerprint density at radius 2 is 1.63 bits per heavy atom. The average Bonchev–Trinajstić information content (AvgIpc) is 2.70. The van der Waals surface area contributed by atoms with Crippen LogP contribution in [0.25, 0.3) is 10.8 Å². The molecule has 0 bridgehead atoms. The van der Waals surface area contributed by atoms with Crippen LogP contribution in [0.2, 0.25) is 0 Å². The second-order valence-corrected chi connectivity index (χ2v) is 9.33. The summed E-state index contributed by atoms with van der Waals surface area (Å²) in [6.45, 7) is 1.08. The second-order valence-electron chi connectivity index (χ2n) is 6.60. The van der Waals surface area contributed by atoms with Crippen molar-refractivity contribution in [1.29, 1.82) is 0 Å². The zero-order valence-corrected chi connectivity index (χ0v) is 24.6. The molecule has 3 aromatic rings. The van der Waals surface area contributed by atoms with E-state index in [4.69, 9.17) is 4.74 Å². The minimum Gasteiger partial charge on any atom is -0.744 e. The molecule has 0 fully saturated rings. The molecule has 0 atom stereocenters. The van der Waals surface area contributed by atoms with Crippen molar-refractivity contribution in [2.75, 3.05) is 12.4 Å². The molecule has 2 N–H and O–H groups in total. The molecule has 0 unspecified atom stereocenters. The molecule has 0 radical (unpaired) electrons. The number of nitrogens with zero attached hydrogens (tertiary/aromatic N) is 2. The Labute approximate surface area is 244 Å². The standard InChI is InChI=1S/C19H17N3O9S2.2Na/c1-10(23)20-14-9-12(32(25,26)27)7-11-8-16(33(28,29)30)18(19(24)17(11)14)22-21-13-5-3-4-6-15(13)31-2;;/h3-9,24H,1-2H3,(H,20,23)(H,25,26,27)(H,28,29,30);;/q;2*+1/p-2. The number of azo groups is 1. The predicted octanol–water partition coefficient (Wildman–Crippen LogP) is -3.26. The molecule has 3 rings (SSSR count). The molecule has 0 aliphatic heterocycles.